The molecule has 0 radical (unpaired) electrons. The van der Waals surface area contributed by atoms with Crippen LogP contribution in [-0.2, 0) is 4.74 Å². The molecule has 1 heterocycles. The average Bonchev–Trinajstić information content (AvgIpc) is 2.65. The van der Waals surface area contributed by atoms with Gasteiger partial charge in [-0.15, -0.1) is 0 Å². The van der Waals surface area contributed by atoms with Gasteiger partial charge in [0.05, 0.1) is 0 Å². The molecule has 0 unspecified atom stereocenters. The molecule has 0 saturated carbocycles. The monoisotopic (exact) mass is 224 g/mol. The molecule has 1 nitrogen and oxygen atoms in total. The van der Waals surface area contributed by atoms with E-state index in [1.807, 2.05) is 13.8 Å². The van der Waals surface area contributed by atoms with Crippen molar-refractivity contribution in [2.24, 2.45) is 10.8 Å². The topological polar surface area (TPSA) is 9.23 Å². The highest BCUT2D eigenvalue weighted by molar-refractivity contribution is 5.26. The highest BCUT2D eigenvalue weighted by atomic mass is 16.5. The van der Waals surface area contributed by atoms with E-state index in [4.69, 9.17) is 4.74 Å². The second-order valence-corrected chi connectivity index (χ2v) is 5.80. The van der Waals surface area contributed by atoms with Crippen molar-refractivity contribution in [3.63, 3.8) is 0 Å². The normalized spacial score (nSPS) is 23.7. The highest BCUT2D eigenvalue weighted by Gasteiger charge is 2.42. The van der Waals surface area contributed by atoms with Gasteiger partial charge in [0.15, 0.2) is 0 Å². The molecule has 16 heavy (non-hydrogen) atoms. The van der Waals surface area contributed by atoms with Crippen LogP contribution in [0.4, 0.5) is 0 Å². The lowest BCUT2D eigenvalue weighted by molar-refractivity contribution is 0.0256. The first kappa shape index (κ1) is 13.8. The maximum atomic E-state index is 5.49. The first-order valence-electron chi connectivity index (χ1n) is 6.83. The largest absolute Gasteiger partial charge is 0.381 e. The van der Waals surface area contributed by atoms with E-state index in [1.165, 1.54) is 25.7 Å². The summed E-state index contributed by atoms with van der Waals surface area (Å²) in [7, 11) is 0. The number of hydrogen-bond donors (Lipinski definition) is 0. The fraction of sp³-hybridized carbons (Fsp3) is 0.867. The Morgan fingerprint density at radius 3 is 2.12 bits per heavy atom. The maximum Gasteiger partial charge on any atom is 0.0474 e. The van der Waals surface area contributed by atoms with Crippen LogP contribution in [0.1, 0.15) is 60.3 Å². The van der Waals surface area contributed by atoms with Crippen LogP contribution in [0.25, 0.3) is 0 Å². The van der Waals surface area contributed by atoms with Gasteiger partial charge >= 0.3 is 0 Å². The van der Waals surface area contributed by atoms with E-state index in [1.54, 1.807) is 5.57 Å². The van der Waals surface area contributed by atoms with Crippen molar-refractivity contribution >= 4 is 0 Å². The molecule has 94 valence electrons. The third-order valence-corrected chi connectivity index (χ3v) is 3.80. The molecule has 1 heteroatoms. The molecule has 0 aromatic heterocycles. The third kappa shape index (κ3) is 2.68. The van der Waals surface area contributed by atoms with Gasteiger partial charge in [0.1, 0.15) is 0 Å². The summed E-state index contributed by atoms with van der Waals surface area (Å²) in [6.45, 7) is 13.0. The Balaban J connectivity index is 0.000000606. The second-order valence-electron chi connectivity index (χ2n) is 5.80. The first-order valence-corrected chi connectivity index (χ1v) is 6.83. The van der Waals surface area contributed by atoms with Crippen LogP contribution in [0.2, 0.25) is 0 Å². The van der Waals surface area contributed by atoms with E-state index in [-0.39, 0.29) is 0 Å². The van der Waals surface area contributed by atoms with Crippen molar-refractivity contribution in [1.82, 2.24) is 0 Å². The van der Waals surface area contributed by atoms with Gasteiger partial charge in [-0.05, 0) is 36.5 Å². The van der Waals surface area contributed by atoms with Gasteiger partial charge in [0, 0.05) is 13.2 Å². The molecule has 2 rings (SSSR count). The molecule has 1 aliphatic heterocycles. The zero-order chi connectivity index (χ0) is 12.2. The minimum atomic E-state index is 0.355. The standard InChI is InChI=1S/C13H22O.C2H6/c1-12(2,3)11-5-4-6-13(11)7-9-14-10-8-13;1-2/h5H,4,6-10H2,1-3H3;1-2H3. The van der Waals surface area contributed by atoms with E-state index in [0.717, 1.165) is 13.2 Å². The van der Waals surface area contributed by atoms with Gasteiger partial charge < -0.3 is 4.74 Å². The Morgan fingerprint density at radius 2 is 1.62 bits per heavy atom. The fourth-order valence-corrected chi connectivity index (χ4v) is 3.23. The maximum absolute atomic E-state index is 5.49. The molecule has 1 spiro atoms. The second kappa shape index (κ2) is 5.35. The van der Waals surface area contributed by atoms with Gasteiger partial charge in [0.25, 0.3) is 0 Å². The predicted molar refractivity (Wildman–Crippen MR) is 70.6 cm³/mol. The molecular weight excluding hydrogens is 196 g/mol. The van der Waals surface area contributed by atoms with E-state index in [9.17, 15) is 0 Å². The Bertz CT molecular complexity index is 239. The van der Waals surface area contributed by atoms with Crippen LogP contribution in [-0.4, -0.2) is 13.2 Å². The molecule has 0 atom stereocenters. The lowest BCUT2D eigenvalue weighted by Gasteiger charge is -2.41. The Hall–Kier alpha value is -0.300. The summed E-state index contributed by atoms with van der Waals surface area (Å²) >= 11 is 0. The van der Waals surface area contributed by atoms with Crippen LogP contribution in [0, 0.1) is 10.8 Å². The molecule has 0 aromatic rings. The quantitative estimate of drug-likeness (QED) is 0.547. The minimum Gasteiger partial charge on any atom is -0.381 e. The molecule has 0 N–H and O–H groups in total. The summed E-state index contributed by atoms with van der Waals surface area (Å²) in [4.78, 5) is 0. The minimum absolute atomic E-state index is 0.355. The summed E-state index contributed by atoms with van der Waals surface area (Å²) in [6.07, 6.45) is 7.63. The van der Waals surface area contributed by atoms with Crippen molar-refractivity contribution in [3.8, 4) is 0 Å². The Kier molecular flexibility index (Phi) is 4.61. The lowest BCUT2D eigenvalue weighted by Crippen LogP contribution is -2.33. The van der Waals surface area contributed by atoms with Crippen molar-refractivity contribution in [2.45, 2.75) is 60.3 Å². The lowest BCUT2D eigenvalue weighted by atomic mass is 9.66. The van der Waals surface area contributed by atoms with E-state index >= 15 is 0 Å². The fourth-order valence-electron chi connectivity index (χ4n) is 3.23. The van der Waals surface area contributed by atoms with Crippen molar-refractivity contribution in [3.05, 3.63) is 11.6 Å². The zero-order valence-electron chi connectivity index (χ0n) is 11.7. The van der Waals surface area contributed by atoms with E-state index in [0.29, 0.717) is 10.8 Å². The average molecular weight is 224 g/mol. The summed E-state index contributed by atoms with van der Waals surface area (Å²) in [5, 5.41) is 0. The van der Waals surface area contributed by atoms with Crippen LogP contribution in [0.5, 0.6) is 0 Å². The number of allylic oxidation sites excluding steroid dienone is 2. The van der Waals surface area contributed by atoms with Crippen molar-refractivity contribution in [2.75, 3.05) is 13.2 Å². The number of ether oxygens (including phenoxy) is 1. The Morgan fingerprint density at radius 1 is 1.06 bits per heavy atom. The summed E-state index contributed by atoms with van der Waals surface area (Å²) < 4.78 is 5.49. The molecular formula is C15H28O. The smallest absolute Gasteiger partial charge is 0.0474 e. The molecule has 0 aromatic carbocycles. The van der Waals surface area contributed by atoms with Crippen LogP contribution in [0.3, 0.4) is 0 Å². The Labute approximate surface area is 101 Å². The molecule has 2 aliphatic rings. The first-order chi connectivity index (χ1) is 7.55. The molecule has 1 saturated heterocycles. The number of rotatable bonds is 0. The third-order valence-electron chi connectivity index (χ3n) is 3.80. The zero-order valence-corrected chi connectivity index (χ0v) is 11.7. The van der Waals surface area contributed by atoms with Crippen molar-refractivity contribution < 1.29 is 4.74 Å². The predicted octanol–water partition coefficient (Wildman–Crippen LogP) is 4.58. The van der Waals surface area contributed by atoms with Gasteiger partial charge in [0.2, 0.25) is 0 Å². The highest BCUT2D eigenvalue weighted by Crippen LogP contribution is 2.53. The van der Waals surface area contributed by atoms with E-state index < -0.39 is 0 Å². The summed E-state index contributed by atoms with van der Waals surface area (Å²) in [6, 6.07) is 0. The van der Waals surface area contributed by atoms with Gasteiger partial charge in [-0.3, -0.25) is 0 Å². The van der Waals surface area contributed by atoms with Gasteiger partial charge in [-0.1, -0.05) is 46.3 Å². The molecule has 1 aliphatic carbocycles. The van der Waals surface area contributed by atoms with Crippen LogP contribution in [0.15, 0.2) is 11.6 Å². The van der Waals surface area contributed by atoms with Gasteiger partial charge in [-0.25, -0.2) is 0 Å². The molecule has 0 bridgehead atoms. The van der Waals surface area contributed by atoms with E-state index in [2.05, 4.69) is 26.8 Å². The summed E-state index contributed by atoms with van der Waals surface area (Å²) in [5.74, 6) is 0. The molecule has 1 fully saturated rings. The van der Waals surface area contributed by atoms with Gasteiger partial charge in [-0.2, -0.15) is 0 Å². The van der Waals surface area contributed by atoms with Crippen molar-refractivity contribution in [1.29, 1.82) is 0 Å². The SMILES string of the molecule is CC.CC(C)(C)C1=CCCC12CCOCC2. The molecule has 0 amide bonds. The number of hydrogen-bond acceptors (Lipinski definition) is 1. The van der Waals surface area contributed by atoms with Crippen LogP contribution < -0.4 is 0 Å². The summed E-state index contributed by atoms with van der Waals surface area (Å²) in [5.41, 5.74) is 2.57. The van der Waals surface area contributed by atoms with Crippen LogP contribution >= 0.6 is 0 Å².